The van der Waals surface area contributed by atoms with Crippen molar-refractivity contribution < 1.29 is 19.8 Å². The molecule has 2 aromatic heterocycles. The van der Waals surface area contributed by atoms with E-state index in [0.717, 1.165) is 16.5 Å². The molecule has 0 aliphatic carbocycles. The highest BCUT2D eigenvalue weighted by atomic mass is 16.4. The summed E-state index contributed by atoms with van der Waals surface area (Å²) in [5.41, 5.74) is 2.84. The lowest BCUT2D eigenvalue weighted by atomic mass is 9.92. The molecular formula is C26H16N2O4. The van der Waals surface area contributed by atoms with Gasteiger partial charge in [0.25, 0.3) is 0 Å². The van der Waals surface area contributed by atoms with Crippen LogP contribution in [-0.4, -0.2) is 32.1 Å². The molecule has 0 saturated heterocycles. The Morgan fingerprint density at radius 1 is 0.656 bits per heavy atom. The van der Waals surface area contributed by atoms with Crippen LogP contribution in [0.15, 0.2) is 85.1 Å². The van der Waals surface area contributed by atoms with Gasteiger partial charge in [-0.25, -0.2) is 14.6 Å². The number of aromatic nitrogens is 2. The van der Waals surface area contributed by atoms with E-state index < -0.39 is 17.6 Å². The number of hydrogen-bond donors (Lipinski definition) is 2. The molecule has 154 valence electrons. The fourth-order valence-corrected chi connectivity index (χ4v) is 4.08. The van der Waals surface area contributed by atoms with E-state index in [1.165, 1.54) is 0 Å². The molecule has 32 heavy (non-hydrogen) atoms. The number of carbonyl (C=O) groups is 2. The first kappa shape index (κ1) is 19.4. The highest BCUT2D eigenvalue weighted by molar-refractivity contribution is 6.18. The van der Waals surface area contributed by atoms with E-state index >= 15 is 0 Å². The van der Waals surface area contributed by atoms with Gasteiger partial charge in [0.15, 0.2) is 5.69 Å². The summed E-state index contributed by atoms with van der Waals surface area (Å²) in [6.45, 7) is 0. The van der Waals surface area contributed by atoms with E-state index in [2.05, 4.69) is 9.97 Å². The summed E-state index contributed by atoms with van der Waals surface area (Å²) < 4.78 is 0. The molecule has 2 N–H and O–H groups in total. The zero-order valence-corrected chi connectivity index (χ0v) is 16.7. The Labute approximate surface area is 182 Å². The quantitative estimate of drug-likeness (QED) is 0.372. The lowest BCUT2D eigenvalue weighted by Gasteiger charge is -2.15. The van der Waals surface area contributed by atoms with Crippen LogP contribution in [0.2, 0.25) is 0 Å². The van der Waals surface area contributed by atoms with Crippen LogP contribution in [0, 0.1) is 0 Å². The molecule has 6 heteroatoms. The number of nitrogens with zero attached hydrogens (tertiary/aromatic N) is 2. The van der Waals surface area contributed by atoms with Gasteiger partial charge in [-0.2, -0.15) is 0 Å². The van der Waals surface area contributed by atoms with Gasteiger partial charge in [-0.05, 0) is 22.8 Å². The van der Waals surface area contributed by atoms with Crippen LogP contribution < -0.4 is 0 Å². The van der Waals surface area contributed by atoms with Crippen LogP contribution in [0.4, 0.5) is 0 Å². The second-order valence-electron chi connectivity index (χ2n) is 7.27. The second kappa shape index (κ2) is 7.59. The minimum Gasteiger partial charge on any atom is -0.478 e. The Kier molecular flexibility index (Phi) is 4.60. The van der Waals surface area contributed by atoms with Crippen molar-refractivity contribution in [3.63, 3.8) is 0 Å². The van der Waals surface area contributed by atoms with Crippen molar-refractivity contribution in [3.8, 4) is 22.3 Å². The van der Waals surface area contributed by atoms with Crippen LogP contribution in [0.3, 0.4) is 0 Å². The first-order valence-corrected chi connectivity index (χ1v) is 9.89. The molecule has 0 saturated carbocycles. The van der Waals surface area contributed by atoms with Crippen molar-refractivity contribution in [1.29, 1.82) is 0 Å². The fourth-order valence-electron chi connectivity index (χ4n) is 4.08. The van der Waals surface area contributed by atoms with E-state index in [9.17, 15) is 19.8 Å². The fraction of sp³-hybridized carbons (Fsp3) is 0. The van der Waals surface area contributed by atoms with E-state index in [1.807, 2.05) is 48.5 Å². The van der Waals surface area contributed by atoms with Gasteiger partial charge < -0.3 is 10.2 Å². The van der Waals surface area contributed by atoms with Gasteiger partial charge in [0.05, 0.1) is 11.0 Å². The van der Waals surface area contributed by atoms with E-state index in [4.69, 9.17) is 0 Å². The highest BCUT2D eigenvalue weighted by Crippen LogP contribution is 2.38. The lowest BCUT2D eigenvalue weighted by Crippen LogP contribution is -2.13. The number of carboxylic acid groups (broad SMARTS) is 2. The molecule has 0 radical (unpaired) electrons. The number of hydrogen-bond acceptors (Lipinski definition) is 4. The topological polar surface area (TPSA) is 100 Å². The van der Waals surface area contributed by atoms with Gasteiger partial charge in [0.1, 0.15) is 5.56 Å². The molecule has 5 aromatic rings. The summed E-state index contributed by atoms with van der Waals surface area (Å²) >= 11 is 0. The van der Waals surface area contributed by atoms with Crippen molar-refractivity contribution in [2.24, 2.45) is 0 Å². The minimum atomic E-state index is -1.40. The van der Waals surface area contributed by atoms with Crippen LogP contribution in [0.5, 0.6) is 0 Å². The molecule has 0 atom stereocenters. The number of rotatable bonds is 4. The maximum Gasteiger partial charge on any atom is 0.355 e. The SMILES string of the molecule is O=C(O)c1nc2c(ccc3c(-c4ccccc4)ccnc32)c(-c2ccccc2)c1C(=O)O. The zero-order chi connectivity index (χ0) is 22.2. The predicted molar refractivity (Wildman–Crippen MR) is 122 cm³/mol. The lowest BCUT2D eigenvalue weighted by molar-refractivity contribution is 0.0647. The average Bonchev–Trinajstić information content (AvgIpc) is 2.83. The Morgan fingerprint density at radius 3 is 1.91 bits per heavy atom. The first-order chi connectivity index (χ1) is 15.6. The molecule has 3 aromatic carbocycles. The number of aromatic carboxylic acids is 2. The molecule has 0 aliphatic rings. The Morgan fingerprint density at radius 2 is 1.28 bits per heavy atom. The summed E-state index contributed by atoms with van der Waals surface area (Å²) in [4.78, 5) is 33.0. The van der Waals surface area contributed by atoms with Crippen molar-refractivity contribution in [2.45, 2.75) is 0 Å². The molecule has 0 fully saturated rings. The van der Waals surface area contributed by atoms with Gasteiger partial charge in [0, 0.05) is 22.5 Å². The Bertz CT molecular complexity index is 1510. The molecule has 5 rings (SSSR count). The van der Waals surface area contributed by atoms with Crippen LogP contribution >= 0.6 is 0 Å². The van der Waals surface area contributed by atoms with Crippen LogP contribution in [0.25, 0.3) is 44.1 Å². The normalized spacial score (nSPS) is 11.0. The largest absolute Gasteiger partial charge is 0.478 e. The van der Waals surface area contributed by atoms with Gasteiger partial charge in [0.2, 0.25) is 0 Å². The Hall–Kier alpha value is -4.58. The summed E-state index contributed by atoms with van der Waals surface area (Å²) in [6.07, 6.45) is 1.65. The summed E-state index contributed by atoms with van der Waals surface area (Å²) in [6, 6.07) is 24.2. The summed E-state index contributed by atoms with van der Waals surface area (Å²) in [5, 5.41) is 21.0. The molecule has 2 heterocycles. The monoisotopic (exact) mass is 420 g/mol. The number of benzene rings is 3. The number of pyridine rings is 2. The molecule has 0 aliphatic heterocycles. The highest BCUT2D eigenvalue weighted by Gasteiger charge is 2.26. The molecule has 0 unspecified atom stereocenters. The smallest absolute Gasteiger partial charge is 0.355 e. The maximum absolute atomic E-state index is 12.1. The van der Waals surface area contributed by atoms with Gasteiger partial charge in [-0.3, -0.25) is 4.98 Å². The molecule has 6 nitrogen and oxygen atoms in total. The Balaban J connectivity index is 1.96. The maximum atomic E-state index is 12.1. The van der Waals surface area contributed by atoms with E-state index in [-0.39, 0.29) is 5.56 Å². The standard InChI is InChI=1S/C26H16N2O4/c29-25(30)21-20(16-9-5-2-6-10-16)19-12-11-18-17(15-7-3-1-4-8-15)13-14-27-22(18)23(19)28-24(21)26(31)32/h1-14H,(H,29,30)(H,31,32). The molecule has 0 amide bonds. The molecule has 0 spiro atoms. The average molecular weight is 420 g/mol. The van der Waals surface area contributed by atoms with Gasteiger partial charge >= 0.3 is 11.9 Å². The van der Waals surface area contributed by atoms with Crippen molar-refractivity contribution in [2.75, 3.05) is 0 Å². The van der Waals surface area contributed by atoms with E-state index in [0.29, 0.717) is 27.5 Å². The van der Waals surface area contributed by atoms with Crippen LogP contribution in [-0.2, 0) is 0 Å². The van der Waals surface area contributed by atoms with Crippen molar-refractivity contribution >= 4 is 33.7 Å². The van der Waals surface area contributed by atoms with Gasteiger partial charge in [-0.1, -0.05) is 72.8 Å². The van der Waals surface area contributed by atoms with E-state index in [1.54, 1.807) is 36.5 Å². The van der Waals surface area contributed by atoms with Crippen LogP contribution in [0.1, 0.15) is 20.8 Å². The third kappa shape index (κ3) is 3.06. The van der Waals surface area contributed by atoms with Gasteiger partial charge in [-0.15, -0.1) is 0 Å². The predicted octanol–water partition coefficient (Wildman–Crippen LogP) is 5.51. The van der Waals surface area contributed by atoms with Crippen molar-refractivity contribution in [1.82, 2.24) is 9.97 Å². The minimum absolute atomic E-state index is 0.314. The third-order valence-electron chi connectivity index (χ3n) is 5.43. The number of fused-ring (bicyclic) bond motifs is 3. The van der Waals surface area contributed by atoms with Crippen molar-refractivity contribution in [3.05, 3.63) is 96.3 Å². The second-order valence-corrected chi connectivity index (χ2v) is 7.27. The molecule has 0 bridgehead atoms. The third-order valence-corrected chi connectivity index (χ3v) is 5.43. The molecular weight excluding hydrogens is 404 g/mol. The zero-order valence-electron chi connectivity index (χ0n) is 16.7. The number of carboxylic acids is 2. The summed E-state index contributed by atoms with van der Waals surface area (Å²) in [5.74, 6) is -2.75. The summed E-state index contributed by atoms with van der Waals surface area (Å²) in [7, 11) is 0. The first-order valence-electron chi connectivity index (χ1n) is 9.89.